The van der Waals surface area contributed by atoms with Gasteiger partial charge in [-0.2, -0.15) is 10.4 Å². The number of aromatic nitrogens is 2. The molecule has 0 saturated carbocycles. The number of hydrogen-bond donors (Lipinski definition) is 4. The average molecular weight is 404 g/mol. The maximum Gasteiger partial charge on any atom is 0.335 e. The van der Waals surface area contributed by atoms with E-state index in [1.165, 1.54) is 28.9 Å². The molecule has 0 radical (unpaired) electrons. The number of rotatable bonds is 3. The molecule has 0 aliphatic carbocycles. The Kier molecular flexibility index (Phi) is 4.32. The van der Waals surface area contributed by atoms with Crippen molar-refractivity contribution < 1.29 is 24.9 Å². The monoisotopic (exact) mass is 404 g/mol. The second kappa shape index (κ2) is 6.86. The van der Waals surface area contributed by atoms with E-state index in [1.807, 2.05) is 6.07 Å². The molecular weight excluding hydrogens is 388 g/mol. The third-order valence-electron chi connectivity index (χ3n) is 4.90. The first-order valence-electron chi connectivity index (χ1n) is 8.84. The first-order chi connectivity index (χ1) is 14.3. The van der Waals surface area contributed by atoms with Gasteiger partial charge in [-0.05, 0) is 42.8 Å². The van der Waals surface area contributed by atoms with Gasteiger partial charge in [0.15, 0.2) is 11.5 Å². The summed E-state index contributed by atoms with van der Waals surface area (Å²) in [7, 11) is 0. The van der Waals surface area contributed by atoms with Crippen LogP contribution in [0.25, 0.3) is 5.69 Å². The highest BCUT2D eigenvalue weighted by Gasteiger charge is 2.36. The third kappa shape index (κ3) is 2.87. The van der Waals surface area contributed by atoms with E-state index in [-0.39, 0.29) is 34.4 Å². The summed E-state index contributed by atoms with van der Waals surface area (Å²) >= 11 is 0. The number of allylic oxidation sites excluding steroid dienone is 1. The Morgan fingerprint density at radius 3 is 2.67 bits per heavy atom. The zero-order valence-electron chi connectivity index (χ0n) is 15.7. The summed E-state index contributed by atoms with van der Waals surface area (Å²) in [4.78, 5) is 11.3. The molecule has 3 aromatic rings. The normalized spacial score (nSPS) is 15.3. The van der Waals surface area contributed by atoms with Gasteiger partial charge in [0.1, 0.15) is 11.6 Å². The fourth-order valence-electron chi connectivity index (χ4n) is 3.51. The van der Waals surface area contributed by atoms with Crippen molar-refractivity contribution in [2.75, 3.05) is 0 Å². The van der Waals surface area contributed by atoms with E-state index in [0.717, 1.165) is 0 Å². The minimum absolute atomic E-state index is 0.0754. The number of carbonyl (C=O) groups is 1. The van der Waals surface area contributed by atoms with E-state index < -0.39 is 11.9 Å². The largest absolute Gasteiger partial charge is 0.504 e. The zero-order chi connectivity index (χ0) is 21.6. The molecule has 2 heterocycles. The molecule has 9 nitrogen and oxygen atoms in total. The number of phenolic OH excluding ortho intramolecular Hbond substituents is 2. The van der Waals surface area contributed by atoms with Crippen molar-refractivity contribution in [3.05, 3.63) is 76.3 Å². The van der Waals surface area contributed by atoms with Gasteiger partial charge < -0.3 is 25.8 Å². The number of nitrogens with two attached hydrogens (primary N) is 1. The summed E-state index contributed by atoms with van der Waals surface area (Å²) in [5.41, 5.74) is 8.26. The van der Waals surface area contributed by atoms with Gasteiger partial charge in [-0.3, -0.25) is 0 Å². The number of carboxylic acids is 1. The number of ether oxygens (including phenoxy) is 1. The van der Waals surface area contributed by atoms with Crippen molar-refractivity contribution in [3.63, 3.8) is 0 Å². The van der Waals surface area contributed by atoms with Crippen molar-refractivity contribution in [3.8, 4) is 29.1 Å². The maximum atomic E-state index is 11.3. The smallest absolute Gasteiger partial charge is 0.335 e. The lowest BCUT2D eigenvalue weighted by Gasteiger charge is -2.25. The molecule has 1 atom stereocenters. The topological polar surface area (TPSA) is 155 Å². The predicted octanol–water partition coefficient (Wildman–Crippen LogP) is 2.51. The average Bonchev–Trinajstić information content (AvgIpc) is 3.05. The molecule has 30 heavy (non-hydrogen) atoms. The molecule has 1 aliphatic heterocycles. The number of nitriles is 1. The Morgan fingerprint density at radius 2 is 2.00 bits per heavy atom. The highest BCUT2D eigenvalue weighted by molar-refractivity contribution is 5.88. The van der Waals surface area contributed by atoms with Gasteiger partial charge in [0.05, 0.1) is 28.4 Å². The number of phenols is 2. The summed E-state index contributed by atoms with van der Waals surface area (Å²) in [5.74, 6) is -2.29. The van der Waals surface area contributed by atoms with Crippen LogP contribution in [0, 0.1) is 18.3 Å². The number of aromatic carboxylic acids is 1. The third-order valence-corrected chi connectivity index (χ3v) is 4.90. The number of benzene rings is 2. The van der Waals surface area contributed by atoms with E-state index in [4.69, 9.17) is 10.5 Å². The molecule has 9 heteroatoms. The minimum Gasteiger partial charge on any atom is -0.504 e. The Balaban J connectivity index is 1.95. The first kappa shape index (κ1) is 18.9. The lowest BCUT2D eigenvalue weighted by Crippen LogP contribution is -2.22. The Hall–Kier alpha value is -4.45. The molecule has 0 spiro atoms. The molecule has 0 saturated heterocycles. The SMILES string of the molecule is Cc1nn(-c2cccc(C(=O)O)c2)c2c1C(c1ccc(O)c(O)c1)C(C#N)=C(N)O2. The highest BCUT2D eigenvalue weighted by Crippen LogP contribution is 2.45. The van der Waals surface area contributed by atoms with E-state index in [2.05, 4.69) is 5.10 Å². The van der Waals surface area contributed by atoms with Gasteiger partial charge >= 0.3 is 5.97 Å². The molecule has 0 bridgehead atoms. The fraction of sp³-hybridized carbons (Fsp3) is 0.0952. The number of nitrogens with zero attached hydrogens (tertiary/aromatic N) is 3. The van der Waals surface area contributed by atoms with Crippen molar-refractivity contribution in [2.24, 2.45) is 5.73 Å². The molecule has 150 valence electrons. The van der Waals surface area contributed by atoms with Crippen LogP contribution in [0.4, 0.5) is 0 Å². The molecule has 4 rings (SSSR count). The second-order valence-corrected chi connectivity index (χ2v) is 6.74. The van der Waals surface area contributed by atoms with Crippen LogP contribution in [-0.4, -0.2) is 31.1 Å². The summed E-state index contributed by atoms with van der Waals surface area (Å²) in [6.07, 6.45) is 0. The zero-order valence-corrected chi connectivity index (χ0v) is 15.7. The Morgan fingerprint density at radius 1 is 1.23 bits per heavy atom. The molecule has 1 unspecified atom stereocenters. The number of aryl methyl sites for hydroxylation is 1. The number of carboxylic acid groups (broad SMARTS) is 1. The summed E-state index contributed by atoms with van der Waals surface area (Å²) < 4.78 is 7.15. The second-order valence-electron chi connectivity index (χ2n) is 6.74. The van der Waals surface area contributed by atoms with Crippen LogP contribution in [0.5, 0.6) is 17.4 Å². The lowest BCUT2D eigenvalue weighted by atomic mass is 9.84. The summed E-state index contributed by atoms with van der Waals surface area (Å²) in [6.45, 7) is 1.73. The fourth-order valence-corrected chi connectivity index (χ4v) is 3.51. The predicted molar refractivity (Wildman–Crippen MR) is 104 cm³/mol. The number of aromatic hydroxyl groups is 2. The quantitative estimate of drug-likeness (QED) is 0.485. The van der Waals surface area contributed by atoms with Crippen LogP contribution in [0.2, 0.25) is 0 Å². The van der Waals surface area contributed by atoms with Crippen LogP contribution < -0.4 is 10.5 Å². The van der Waals surface area contributed by atoms with Gasteiger partial charge in [-0.25, -0.2) is 9.48 Å². The number of hydrogen-bond acceptors (Lipinski definition) is 7. The van der Waals surface area contributed by atoms with Gasteiger partial charge in [0.2, 0.25) is 11.8 Å². The van der Waals surface area contributed by atoms with Gasteiger partial charge in [-0.1, -0.05) is 12.1 Å². The van der Waals surface area contributed by atoms with Crippen molar-refractivity contribution in [2.45, 2.75) is 12.8 Å². The van der Waals surface area contributed by atoms with Crippen molar-refractivity contribution in [1.82, 2.24) is 9.78 Å². The van der Waals surface area contributed by atoms with Crippen LogP contribution >= 0.6 is 0 Å². The molecule has 2 aromatic carbocycles. The van der Waals surface area contributed by atoms with E-state index >= 15 is 0 Å². The summed E-state index contributed by atoms with van der Waals surface area (Å²) in [6, 6.07) is 12.4. The first-order valence-corrected chi connectivity index (χ1v) is 8.84. The number of fused-ring (bicyclic) bond motifs is 1. The van der Waals surface area contributed by atoms with E-state index in [9.17, 15) is 25.4 Å². The van der Waals surface area contributed by atoms with E-state index in [0.29, 0.717) is 22.5 Å². The molecule has 0 fully saturated rings. The molecule has 1 aromatic heterocycles. The van der Waals surface area contributed by atoms with Crippen molar-refractivity contribution in [1.29, 1.82) is 5.26 Å². The lowest BCUT2D eigenvalue weighted by molar-refractivity contribution is 0.0697. The van der Waals surface area contributed by atoms with E-state index in [1.54, 1.807) is 25.1 Å². The van der Waals surface area contributed by atoms with Gasteiger partial charge in [-0.15, -0.1) is 0 Å². The van der Waals surface area contributed by atoms with Crippen LogP contribution in [0.1, 0.15) is 33.1 Å². The molecular formula is C21H16N4O5. The minimum atomic E-state index is -1.08. The van der Waals surface area contributed by atoms with Crippen LogP contribution in [-0.2, 0) is 0 Å². The Labute approximate surface area is 170 Å². The molecule has 1 aliphatic rings. The highest BCUT2D eigenvalue weighted by atomic mass is 16.5. The summed E-state index contributed by atoms with van der Waals surface area (Å²) in [5, 5.41) is 43.0. The van der Waals surface area contributed by atoms with Crippen LogP contribution in [0.3, 0.4) is 0 Å². The van der Waals surface area contributed by atoms with Gasteiger partial charge in [0.25, 0.3) is 0 Å². The van der Waals surface area contributed by atoms with Gasteiger partial charge in [0, 0.05) is 0 Å². The molecule has 0 amide bonds. The Bertz CT molecular complexity index is 1270. The van der Waals surface area contributed by atoms with Crippen LogP contribution in [0.15, 0.2) is 53.9 Å². The standard InChI is InChI=1S/C21H16N4O5/c1-10-17-18(11-5-6-15(26)16(27)8-11)14(9-22)19(23)30-20(17)25(24-10)13-4-2-3-12(7-13)21(28)29/h2-8,18,26-27H,23H2,1H3,(H,28,29). The van der Waals surface area contributed by atoms with Crippen molar-refractivity contribution >= 4 is 5.97 Å². The maximum absolute atomic E-state index is 11.3. The molecule has 5 N–H and O–H groups in total.